The van der Waals surface area contributed by atoms with Crippen molar-refractivity contribution in [3.63, 3.8) is 0 Å². The molecule has 0 aliphatic rings. The number of esters is 1. The van der Waals surface area contributed by atoms with Gasteiger partial charge in [0.15, 0.2) is 6.10 Å². The number of rotatable bonds is 8. The molecule has 2 atom stereocenters. The van der Waals surface area contributed by atoms with E-state index in [-0.39, 0.29) is 6.29 Å². The zero-order valence-electron chi connectivity index (χ0n) is 9.11. The first kappa shape index (κ1) is 16.0. The van der Waals surface area contributed by atoms with Gasteiger partial charge in [0.1, 0.15) is 12.9 Å². The van der Waals surface area contributed by atoms with E-state index in [2.05, 4.69) is 4.74 Å². The van der Waals surface area contributed by atoms with Crippen molar-refractivity contribution in [3.05, 3.63) is 0 Å². The Morgan fingerprint density at radius 1 is 1.28 bits per heavy atom. The molecule has 0 fully saturated rings. The molecule has 0 saturated carbocycles. The van der Waals surface area contributed by atoms with Crippen LogP contribution in [0.3, 0.4) is 0 Å². The van der Waals surface area contributed by atoms with Gasteiger partial charge >= 0.3 is 17.9 Å². The standard InChI is InChI=1S/C9H12O9/c10-2-1-5(11)7(14)18-4-9(17,8(15)16)3-6(12)13/h2,5,11,17H,1,3-4H2,(H,12,13)(H,15,16). The summed E-state index contributed by atoms with van der Waals surface area (Å²) in [5.74, 6) is -4.82. The molecule has 0 amide bonds. The van der Waals surface area contributed by atoms with E-state index in [1.807, 2.05) is 0 Å². The van der Waals surface area contributed by atoms with Gasteiger partial charge in [-0.3, -0.25) is 4.79 Å². The van der Waals surface area contributed by atoms with E-state index in [1.54, 1.807) is 0 Å². The van der Waals surface area contributed by atoms with E-state index >= 15 is 0 Å². The van der Waals surface area contributed by atoms with Crippen molar-refractivity contribution in [3.8, 4) is 0 Å². The van der Waals surface area contributed by atoms with Crippen LogP contribution in [-0.2, 0) is 23.9 Å². The Labute approximate surface area is 101 Å². The first-order valence-corrected chi connectivity index (χ1v) is 4.69. The van der Waals surface area contributed by atoms with Crippen molar-refractivity contribution >= 4 is 24.2 Å². The van der Waals surface area contributed by atoms with Crippen molar-refractivity contribution in [1.82, 2.24) is 0 Å². The normalized spacial score (nSPS) is 15.2. The van der Waals surface area contributed by atoms with Crippen LogP contribution in [0.5, 0.6) is 0 Å². The molecule has 18 heavy (non-hydrogen) atoms. The Balaban J connectivity index is 4.53. The molecule has 9 heteroatoms. The smallest absolute Gasteiger partial charge is 0.339 e. The molecule has 0 radical (unpaired) electrons. The number of aliphatic hydroxyl groups is 2. The predicted molar refractivity (Wildman–Crippen MR) is 52.5 cm³/mol. The van der Waals surface area contributed by atoms with Crippen LogP contribution in [0.4, 0.5) is 0 Å². The Bertz CT molecular complexity index is 350. The Morgan fingerprint density at radius 2 is 1.83 bits per heavy atom. The van der Waals surface area contributed by atoms with Crippen LogP contribution in [0.15, 0.2) is 0 Å². The van der Waals surface area contributed by atoms with Gasteiger partial charge in [-0.2, -0.15) is 0 Å². The largest absolute Gasteiger partial charge is 0.481 e. The summed E-state index contributed by atoms with van der Waals surface area (Å²) in [7, 11) is 0. The van der Waals surface area contributed by atoms with Gasteiger partial charge in [-0.1, -0.05) is 0 Å². The minimum absolute atomic E-state index is 0.243. The average Bonchev–Trinajstić information content (AvgIpc) is 2.25. The van der Waals surface area contributed by atoms with Gasteiger partial charge in [-0.15, -0.1) is 0 Å². The van der Waals surface area contributed by atoms with Crippen molar-refractivity contribution in [2.45, 2.75) is 24.5 Å². The van der Waals surface area contributed by atoms with Crippen LogP contribution in [0.1, 0.15) is 12.8 Å². The molecule has 0 rings (SSSR count). The first-order valence-electron chi connectivity index (χ1n) is 4.69. The van der Waals surface area contributed by atoms with E-state index in [1.165, 1.54) is 0 Å². The highest BCUT2D eigenvalue weighted by Gasteiger charge is 2.40. The van der Waals surface area contributed by atoms with Gasteiger partial charge in [-0.25, -0.2) is 9.59 Å². The first-order chi connectivity index (χ1) is 8.23. The molecule has 0 aromatic rings. The highest BCUT2D eigenvalue weighted by molar-refractivity contribution is 5.84. The summed E-state index contributed by atoms with van der Waals surface area (Å²) in [5, 5.41) is 35.4. The van der Waals surface area contributed by atoms with Crippen molar-refractivity contribution in [1.29, 1.82) is 0 Å². The van der Waals surface area contributed by atoms with Crippen LogP contribution in [0, 0.1) is 0 Å². The topological polar surface area (TPSA) is 158 Å². The molecule has 0 aromatic heterocycles. The molecule has 0 bridgehead atoms. The highest BCUT2D eigenvalue weighted by Crippen LogP contribution is 2.12. The van der Waals surface area contributed by atoms with Crippen LogP contribution in [0.2, 0.25) is 0 Å². The maximum absolute atomic E-state index is 11.0. The lowest BCUT2D eigenvalue weighted by molar-refractivity contribution is -0.179. The van der Waals surface area contributed by atoms with Crippen molar-refractivity contribution in [2.24, 2.45) is 0 Å². The summed E-state index contributed by atoms with van der Waals surface area (Å²) in [5.41, 5.74) is -2.79. The Morgan fingerprint density at radius 3 is 2.22 bits per heavy atom. The lowest BCUT2D eigenvalue weighted by atomic mass is 10.0. The number of carbonyl (C=O) groups is 4. The third-order valence-corrected chi connectivity index (χ3v) is 1.89. The molecule has 0 aliphatic heterocycles. The van der Waals surface area contributed by atoms with E-state index in [0.29, 0.717) is 0 Å². The van der Waals surface area contributed by atoms with Gasteiger partial charge in [0.05, 0.1) is 6.42 Å². The molecular formula is C9H12O9. The number of carboxylic acids is 2. The van der Waals surface area contributed by atoms with Gasteiger partial charge in [0.25, 0.3) is 0 Å². The summed E-state index contributed by atoms with van der Waals surface area (Å²) in [6.45, 7) is -1.15. The maximum atomic E-state index is 11.0. The average molecular weight is 264 g/mol. The van der Waals surface area contributed by atoms with Crippen molar-refractivity contribution in [2.75, 3.05) is 6.61 Å². The third-order valence-electron chi connectivity index (χ3n) is 1.89. The van der Waals surface area contributed by atoms with Gasteiger partial charge < -0.3 is 30.0 Å². The van der Waals surface area contributed by atoms with Crippen LogP contribution in [0.25, 0.3) is 0 Å². The lowest BCUT2D eigenvalue weighted by Crippen LogP contribution is -2.46. The summed E-state index contributed by atoms with van der Waals surface area (Å²) in [6, 6.07) is 0. The van der Waals surface area contributed by atoms with Gasteiger partial charge in [0.2, 0.25) is 5.60 Å². The number of hydrogen-bond donors (Lipinski definition) is 4. The quantitative estimate of drug-likeness (QED) is 0.281. The monoisotopic (exact) mass is 264 g/mol. The number of aldehydes is 1. The highest BCUT2D eigenvalue weighted by atomic mass is 16.6. The van der Waals surface area contributed by atoms with E-state index < -0.39 is 49.1 Å². The van der Waals surface area contributed by atoms with Crippen LogP contribution < -0.4 is 0 Å². The predicted octanol–water partition coefficient (Wildman–Crippen LogP) is -2.23. The van der Waals surface area contributed by atoms with Gasteiger partial charge in [-0.05, 0) is 0 Å². The number of aliphatic hydroxyl groups excluding tert-OH is 1. The molecular weight excluding hydrogens is 252 g/mol. The molecule has 0 spiro atoms. The molecule has 4 N–H and O–H groups in total. The van der Waals surface area contributed by atoms with Gasteiger partial charge in [0, 0.05) is 6.42 Å². The molecule has 102 valence electrons. The number of ether oxygens (including phenoxy) is 1. The Kier molecular flexibility index (Phi) is 5.93. The number of carbonyl (C=O) groups excluding carboxylic acids is 2. The second kappa shape index (κ2) is 6.67. The molecule has 0 aromatic carbocycles. The maximum Gasteiger partial charge on any atom is 0.339 e. The minimum Gasteiger partial charge on any atom is -0.481 e. The summed E-state index contributed by atoms with van der Waals surface area (Å²) in [6.07, 6.45) is -3.28. The molecule has 0 heterocycles. The number of aliphatic carboxylic acids is 2. The Hall–Kier alpha value is -2.00. The second-order valence-electron chi connectivity index (χ2n) is 3.43. The zero-order valence-corrected chi connectivity index (χ0v) is 9.11. The van der Waals surface area contributed by atoms with E-state index in [0.717, 1.165) is 0 Å². The fourth-order valence-electron chi connectivity index (χ4n) is 0.913. The third kappa shape index (κ3) is 4.89. The van der Waals surface area contributed by atoms with Crippen LogP contribution in [-0.4, -0.2) is 62.9 Å². The fourth-order valence-corrected chi connectivity index (χ4v) is 0.913. The SMILES string of the molecule is O=CCC(O)C(=O)OCC(O)(CC(=O)O)C(=O)O. The van der Waals surface area contributed by atoms with Crippen molar-refractivity contribution < 1.29 is 44.3 Å². The number of hydrogen-bond acceptors (Lipinski definition) is 7. The molecule has 2 unspecified atom stereocenters. The molecule has 0 saturated heterocycles. The lowest BCUT2D eigenvalue weighted by Gasteiger charge is -2.21. The van der Waals surface area contributed by atoms with Crippen LogP contribution >= 0.6 is 0 Å². The molecule has 9 nitrogen and oxygen atoms in total. The summed E-state index contributed by atoms with van der Waals surface area (Å²) >= 11 is 0. The molecule has 0 aliphatic carbocycles. The zero-order chi connectivity index (χ0) is 14.3. The fraction of sp³-hybridized carbons (Fsp3) is 0.556. The summed E-state index contributed by atoms with van der Waals surface area (Å²) < 4.78 is 4.24. The van der Waals surface area contributed by atoms with E-state index in [9.17, 15) is 24.3 Å². The summed E-state index contributed by atoms with van der Waals surface area (Å²) in [4.78, 5) is 42.0. The van der Waals surface area contributed by atoms with E-state index in [4.69, 9.17) is 15.3 Å². The minimum atomic E-state index is -2.79. The second-order valence-corrected chi connectivity index (χ2v) is 3.43. The number of carboxylic acid groups (broad SMARTS) is 2.